The second-order valence-electron chi connectivity index (χ2n) is 1.14. The predicted octanol–water partition coefficient (Wildman–Crippen LogP) is -0.00800. The molecule has 9 heavy (non-hydrogen) atoms. The molecule has 0 fully saturated rings. The SMILES string of the molecule is O=C(O)c1ncco1.[Na]. The van der Waals surface area contributed by atoms with Crippen LogP contribution >= 0.6 is 0 Å². The van der Waals surface area contributed by atoms with E-state index in [1.54, 1.807) is 0 Å². The van der Waals surface area contributed by atoms with Gasteiger partial charge in [0.05, 0.1) is 6.20 Å². The topological polar surface area (TPSA) is 63.3 Å². The number of oxazole rings is 1. The third-order valence-corrected chi connectivity index (χ3v) is 0.615. The number of aromatic carboxylic acids is 1. The van der Waals surface area contributed by atoms with Crippen LogP contribution in [-0.2, 0) is 0 Å². The summed E-state index contributed by atoms with van der Waals surface area (Å²) >= 11 is 0. The molecule has 0 aliphatic carbocycles. The Balaban J connectivity index is 0.000000640. The molecule has 4 nitrogen and oxygen atoms in total. The fourth-order valence-electron chi connectivity index (χ4n) is 0.329. The van der Waals surface area contributed by atoms with Gasteiger partial charge in [-0.1, -0.05) is 0 Å². The molecular weight excluding hydrogens is 133 g/mol. The normalized spacial score (nSPS) is 8.00. The molecule has 0 atom stereocenters. The smallest absolute Gasteiger partial charge is 0.392 e. The van der Waals surface area contributed by atoms with Crippen molar-refractivity contribution < 1.29 is 14.3 Å². The number of hydrogen-bond acceptors (Lipinski definition) is 3. The van der Waals surface area contributed by atoms with Crippen molar-refractivity contribution in [3.05, 3.63) is 18.4 Å². The van der Waals surface area contributed by atoms with E-state index in [0.29, 0.717) is 0 Å². The molecule has 1 heterocycles. The van der Waals surface area contributed by atoms with E-state index in [1.165, 1.54) is 12.5 Å². The summed E-state index contributed by atoms with van der Waals surface area (Å²) in [6.45, 7) is 0. The van der Waals surface area contributed by atoms with Crippen LogP contribution in [0.4, 0.5) is 0 Å². The minimum absolute atomic E-state index is 0. The molecule has 0 amide bonds. The Morgan fingerprint density at radius 2 is 2.44 bits per heavy atom. The van der Waals surface area contributed by atoms with E-state index in [1.807, 2.05) is 0 Å². The number of aromatic nitrogens is 1. The van der Waals surface area contributed by atoms with Crippen LogP contribution < -0.4 is 0 Å². The molecule has 43 valence electrons. The Hall–Kier alpha value is -0.320. The minimum atomic E-state index is -1.14. The molecule has 0 aliphatic rings. The number of rotatable bonds is 1. The van der Waals surface area contributed by atoms with Gasteiger partial charge in [-0.3, -0.25) is 0 Å². The number of carboxylic acid groups (broad SMARTS) is 1. The third kappa shape index (κ3) is 2.17. The molecule has 1 rings (SSSR count). The van der Waals surface area contributed by atoms with Gasteiger partial charge in [0.1, 0.15) is 6.26 Å². The van der Waals surface area contributed by atoms with Gasteiger partial charge in [0.25, 0.3) is 0 Å². The first kappa shape index (κ1) is 8.68. The first-order valence-electron chi connectivity index (χ1n) is 1.93. The summed E-state index contributed by atoms with van der Waals surface area (Å²) in [7, 11) is 0. The van der Waals surface area contributed by atoms with Crippen LogP contribution in [-0.4, -0.2) is 45.6 Å². The van der Waals surface area contributed by atoms with Crippen LogP contribution in [0.15, 0.2) is 16.9 Å². The number of hydrogen-bond donors (Lipinski definition) is 1. The van der Waals surface area contributed by atoms with E-state index < -0.39 is 5.97 Å². The average Bonchev–Trinajstić information content (AvgIpc) is 2.12. The van der Waals surface area contributed by atoms with Crippen LogP contribution in [0.25, 0.3) is 0 Å². The molecule has 1 N–H and O–H groups in total. The van der Waals surface area contributed by atoms with Gasteiger partial charge in [-0.05, 0) is 0 Å². The molecule has 0 saturated heterocycles. The summed E-state index contributed by atoms with van der Waals surface area (Å²) in [6.07, 6.45) is 2.49. The molecule has 0 bridgehead atoms. The zero-order valence-corrected chi connectivity index (χ0v) is 6.87. The molecule has 0 spiro atoms. The van der Waals surface area contributed by atoms with E-state index >= 15 is 0 Å². The first-order chi connectivity index (χ1) is 3.80. The van der Waals surface area contributed by atoms with E-state index in [0.717, 1.165) is 0 Å². The van der Waals surface area contributed by atoms with Crippen molar-refractivity contribution in [1.82, 2.24) is 4.98 Å². The van der Waals surface area contributed by atoms with Gasteiger partial charge in [-0.2, -0.15) is 0 Å². The largest absolute Gasteiger partial charge is 0.474 e. The fourth-order valence-corrected chi connectivity index (χ4v) is 0.329. The maximum Gasteiger partial charge on any atom is 0.392 e. The van der Waals surface area contributed by atoms with Gasteiger partial charge in [-0.15, -0.1) is 0 Å². The molecule has 1 aromatic rings. The molecule has 0 unspecified atom stereocenters. The first-order valence-corrected chi connectivity index (χ1v) is 1.93. The molecule has 1 radical (unpaired) electrons. The van der Waals surface area contributed by atoms with Gasteiger partial charge in [0.15, 0.2) is 0 Å². The quantitative estimate of drug-likeness (QED) is 0.551. The maximum absolute atomic E-state index is 9.91. The van der Waals surface area contributed by atoms with Crippen molar-refractivity contribution in [2.45, 2.75) is 0 Å². The summed E-state index contributed by atoms with van der Waals surface area (Å²) in [6, 6.07) is 0. The Labute approximate surface area is 73.2 Å². The predicted molar refractivity (Wildman–Crippen MR) is 29.2 cm³/mol. The van der Waals surface area contributed by atoms with Gasteiger partial charge < -0.3 is 9.52 Å². The summed E-state index contributed by atoms with van der Waals surface area (Å²) in [4.78, 5) is 13.3. The maximum atomic E-state index is 9.91. The Kier molecular flexibility index (Phi) is 3.53. The van der Waals surface area contributed by atoms with Crippen molar-refractivity contribution in [3.8, 4) is 0 Å². The van der Waals surface area contributed by atoms with E-state index in [-0.39, 0.29) is 35.4 Å². The molecule has 0 aromatic carbocycles. The van der Waals surface area contributed by atoms with E-state index in [9.17, 15) is 4.79 Å². The zero-order valence-electron chi connectivity index (χ0n) is 4.87. The van der Waals surface area contributed by atoms with Crippen molar-refractivity contribution in [3.63, 3.8) is 0 Å². The number of carbonyl (C=O) groups is 1. The monoisotopic (exact) mass is 136 g/mol. The van der Waals surface area contributed by atoms with Crippen LogP contribution in [0.2, 0.25) is 0 Å². The van der Waals surface area contributed by atoms with Gasteiger partial charge in [-0.25, -0.2) is 9.78 Å². The Morgan fingerprint density at radius 1 is 1.78 bits per heavy atom. The van der Waals surface area contributed by atoms with Crippen LogP contribution in [0, 0.1) is 0 Å². The molecule has 0 saturated carbocycles. The molecule has 5 heteroatoms. The number of carboxylic acids is 1. The van der Waals surface area contributed by atoms with Crippen LogP contribution in [0.3, 0.4) is 0 Å². The van der Waals surface area contributed by atoms with Crippen molar-refractivity contribution >= 4 is 35.5 Å². The van der Waals surface area contributed by atoms with Crippen molar-refractivity contribution in [2.75, 3.05) is 0 Å². The minimum Gasteiger partial charge on any atom is -0.474 e. The number of nitrogens with zero attached hydrogens (tertiary/aromatic N) is 1. The van der Waals surface area contributed by atoms with Crippen molar-refractivity contribution in [2.24, 2.45) is 0 Å². The fraction of sp³-hybridized carbons (Fsp3) is 0. The van der Waals surface area contributed by atoms with E-state index in [4.69, 9.17) is 5.11 Å². The molecule has 1 aromatic heterocycles. The Morgan fingerprint density at radius 3 is 2.67 bits per heavy atom. The van der Waals surface area contributed by atoms with Crippen LogP contribution in [0.5, 0.6) is 0 Å². The average molecular weight is 136 g/mol. The summed E-state index contributed by atoms with van der Waals surface area (Å²) in [5, 5.41) is 8.12. The second-order valence-corrected chi connectivity index (χ2v) is 1.14. The molecular formula is C4H3NNaO3. The van der Waals surface area contributed by atoms with Crippen LogP contribution in [0.1, 0.15) is 10.7 Å². The Bertz CT molecular complexity index is 184. The van der Waals surface area contributed by atoms with E-state index in [2.05, 4.69) is 9.40 Å². The second kappa shape index (κ2) is 3.66. The van der Waals surface area contributed by atoms with Gasteiger partial charge in [0.2, 0.25) is 0 Å². The summed E-state index contributed by atoms with van der Waals surface area (Å²) in [5.41, 5.74) is 0. The van der Waals surface area contributed by atoms with Gasteiger partial charge in [0, 0.05) is 29.6 Å². The third-order valence-electron chi connectivity index (χ3n) is 0.615. The zero-order chi connectivity index (χ0) is 5.98. The molecule has 0 aliphatic heterocycles. The van der Waals surface area contributed by atoms with Gasteiger partial charge >= 0.3 is 11.9 Å². The standard InChI is InChI=1S/C4H3NO3.Na/c6-4(7)3-5-1-2-8-3;/h1-2H,(H,6,7);. The summed E-state index contributed by atoms with van der Waals surface area (Å²) < 4.78 is 4.38. The summed E-state index contributed by atoms with van der Waals surface area (Å²) in [5.74, 6) is -1.42. The van der Waals surface area contributed by atoms with Crippen molar-refractivity contribution in [1.29, 1.82) is 0 Å².